The summed E-state index contributed by atoms with van der Waals surface area (Å²) in [6, 6.07) is 7.12. The lowest BCUT2D eigenvalue weighted by atomic mass is 9.98. The maximum atomic E-state index is 11.8. The standard InChI is InChI=1S/C15H22N2O3S/c1-10(8-14(18)19)12-4-6-13(7-5-12)17-15(20)16-11(2)9-21-3/h4-7,10-11H,8-9H2,1-3H3,(H,18,19)(H2,16,17,20). The minimum Gasteiger partial charge on any atom is -0.481 e. The van der Waals surface area contributed by atoms with Crippen molar-refractivity contribution in [3.8, 4) is 0 Å². The van der Waals surface area contributed by atoms with Crippen molar-refractivity contribution < 1.29 is 14.7 Å². The highest BCUT2D eigenvalue weighted by molar-refractivity contribution is 7.98. The minimum atomic E-state index is -0.813. The molecule has 21 heavy (non-hydrogen) atoms. The number of amides is 2. The first-order valence-electron chi connectivity index (χ1n) is 6.80. The molecule has 2 amide bonds. The van der Waals surface area contributed by atoms with E-state index in [2.05, 4.69) is 10.6 Å². The smallest absolute Gasteiger partial charge is 0.319 e. The SMILES string of the molecule is CSCC(C)NC(=O)Nc1ccc(C(C)CC(=O)O)cc1. The number of nitrogens with one attached hydrogen (secondary N) is 2. The quantitative estimate of drug-likeness (QED) is 0.723. The predicted octanol–water partition coefficient (Wildman–Crippen LogP) is 3.14. The molecule has 6 heteroatoms. The number of rotatable bonds is 7. The summed E-state index contributed by atoms with van der Waals surface area (Å²) in [6.45, 7) is 3.82. The highest BCUT2D eigenvalue weighted by Crippen LogP contribution is 2.20. The zero-order valence-electron chi connectivity index (χ0n) is 12.6. The second-order valence-corrected chi connectivity index (χ2v) is 5.99. The lowest BCUT2D eigenvalue weighted by Crippen LogP contribution is -2.37. The van der Waals surface area contributed by atoms with Gasteiger partial charge in [-0.05, 0) is 36.8 Å². The van der Waals surface area contributed by atoms with Crippen LogP contribution in [-0.4, -0.2) is 35.2 Å². The molecule has 3 N–H and O–H groups in total. The summed E-state index contributed by atoms with van der Waals surface area (Å²) in [4.78, 5) is 22.4. The second kappa shape index (κ2) is 8.56. The fourth-order valence-corrected chi connectivity index (χ4v) is 2.54. The first kappa shape index (κ1) is 17.4. The average Bonchev–Trinajstić information content (AvgIpc) is 2.38. The van der Waals surface area contributed by atoms with E-state index >= 15 is 0 Å². The zero-order valence-corrected chi connectivity index (χ0v) is 13.4. The number of thioether (sulfide) groups is 1. The van der Waals surface area contributed by atoms with Gasteiger partial charge in [0.2, 0.25) is 0 Å². The van der Waals surface area contributed by atoms with E-state index in [0.29, 0.717) is 5.69 Å². The Kier molecular flexibility index (Phi) is 7.08. The van der Waals surface area contributed by atoms with Crippen LogP contribution in [-0.2, 0) is 4.79 Å². The number of carboxylic acid groups (broad SMARTS) is 1. The molecule has 0 bridgehead atoms. The van der Waals surface area contributed by atoms with E-state index < -0.39 is 5.97 Å². The Morgan fingerprint density at radius 3 is 2.38 bits per heavy atom. The molecule has 0 aromatic heterocycles. The average molecular weight is 310 g/mol. The molecule has 2 unspecified atom stereocenters. The van der Waals surface area contributed by atoms with Gasteiger partial charge < -0.3 is 15.7 Å². The summed E-state index contributed by atoms with van der Waals surface area (Å²) in [7, 11) is 0. The Balaban J connectivity index is 2.54. The van der Waals surface area contributed by atoms with Crippen LogP contribution in [0.4, 0.5) is 10.5 Å². The Labute approximate surface area is 129 Å². The summed E-state index contributed by atoms with van der Waals surface area (Å²) in [5.41, 5.74) is 1.63. The van der Waals surface area contributed by atoms with Crippen LogP contribution in [0.15, 0.2) is 24.3 Å². The van der Waals surface area contributed by atoms with Crippen molar-refractivity contribution in [2.75, 3.05) is 17.3 Å². The number of benzene rings is 1. The Morgan fingerprint density at radius 2 is 1.86 bits per heavy atom. The molecule has 0 radical (unpaired) electrons. The largest absolute Gasteiger partial charge is 0.481 e. The van der Waals surface area contributed by atoms with Crippen molar-refractivity contribution in [2.24, 2.45) is 0 Å². The van der Waals surface area contributed by atoms with E-state index in [1.165, 1.54) is 0 Å². The summed E-state index contributed by atoms with van der Waals surface area (Å²) in [5.74, 6) is -0.00201. The maximum Gasteiger partial charge on any atom is 0.319 e. The Bertz CT molecular complexity index is 476. The minimum absolute atomic E-state index is 0.0491. The van der Waals surface area contributed by atoms with Gasteiger partial charge in [0.25, 0.3) is 0 Å². The van der Waals surface area contributed by atoms with Gasteiger partial charge in [-0.1, -0.05) is 19.1 Å². The third-order valence-electron chi connectivity index (χ3n) is 3.01. The highest BCUT2D eigenvalue weighted by atomic mass is 32.2. The fourth-order valence-electron chi connectivity index (χ4n) is 1.96. The molecule has 116 valence electrons. The van der Waals surface area contributed by atoms with E-state index in [-0.39, 0.29) is 24.4 Å². The van der Waals surface area contributed by atoms with Crippen LogP contribution in [0.5, 0.6) is 0 Å². The summed E-state index contributed by atoms with van der Waals surface area (Å²) in [6.07, 6.45) is 2.09. The van der Waals surface area contributed by atoms with E-state index in [4.69, 9.17) is 5.11 Å². The van der Waals surface area contributed by atoms with Crippen LogP contribution in [0.3, 0.4) is 0 Å². The van der Waals surface area contributed by atoms with Crippen molar-refractivity contribution in [3.05, 3.63) is 29.8 Å². The van der Waals surface area contributed by atoms with Crippen molar-refractivity contribution in [3.63, 3.8) is 0 Å². The van der Waals surface area contributed by atoms with Gasteiger partial charge in [0, 0.05) is 17.5 Å². The van der Waals surface area contributed by atoms with Gasteiger partial charge in [0.05, 0.1) is 6.42 Å². The van der Waals surface area contributed by atoms with E-state index in [9.17, 15) is 9.59 Å². The van der Waals surface area contributed by atoms with E-state index in [1.807, 2.05) is 32.2 Å². The second-order valence-electron chi connectivity index (χ2n) is 5.08. The zero-order chi connectivity index (χ0) is 15.8. The van der Waals surface area contributed by atoms with Gasteiger partial charge in [0.1, 0.15) is 0 Å². The van der Waals surface area contributed by atoms with Crippen molar-refractivity contribution in [1.29, 1.82) is 0 Å². The molecule has 0 saturated carbocycles. The third kappa shape index (κ3) is 6.53. The summed E-state index contributed by atoms with van der Waals surface area (Å²) < 4.78 is 0. The lowest BCUT2D eigenvalue weighted by molar-refractivity contribution is -0.137. The number of hydrogen-bond donors (Lipinski definition) is 3. The molecule has 1 aromatic carbocycles. The number of carbonyl (C=O) groups is 2. The Hall–Kier alpha value is -1.69. The molecular formula is C15H22N2O3S. The van der Waals surface area contributed by atoms with Gasteiger partial charge in [0.15, 0.2) is 0 Å². The summed E-state index contributed by atoms with van der Waals surface area (Å²) >= 11 is 1.68. The number of carbonyl (C=O) groups excluding carboxylic acids is 1. The van der Waals surface area contributed by atoms with Crippen LogP contribution in [0.2, 0.25) is 0 Å². The molecule has 0 spiro atoms. The maximum absolute atomic E-state index is 11.8. The number of anilines is 1. The molecule has 2 atom stereocenters. The monoisotopic (exact) mass is 310 g/mol. The first-order chi connectivity index (χ1) is 9.92. The van der Waals surface area contributed by atoms with Crippen LogP contribution in [0.25, 0.3) is 0 Å². The molecule has 1 aromatic rings. The molecular weight excluding hydrogens is 288 g/mol. The number of urea groups is 1. The fraction of sp³-hybridized carbons (Fsp3) is 0.467. The molecule has 5 nitrogen and oxygen atoms in total. The van der Waals surface area contributed by atoms with Crippen molar-refractivity contribution in [2.45, 2.75) is 32.2 Å². The van der Waals surface area contributed by atoms with Gasteiger partial charge in [-0.3, -0.25) is 4.79 Å². The van der Waals surface area contributed by atoms with Crippen molar-refractivity contribution in [1.82, 2.24) is 5.32 Å². The van der Waals surface area contributed by atoms with Crippen LogP contribution in [0, 0.1) is 0 Å². The third-order valence-corrected chi connectivity index (χ3v) is 3.85. The van der Waals surface area contributed by atoms with Crippen LogP contribution < -0.4 is 10.6 Å². The molecule has 0 fully saturated rings. The van der Waals surface area contributed by atoms with Gasteiger partial charge in [-0.15, -0.1) is 0 Å². The number of carboxylic acids is 1. The van der Waals surface area contributed by atoms with Gasteiger partial charge in [-0.25, -0.2) is 4.79 Å². The van der Waals surface area contributed by atoms with Gasteiger partial charge >= 0.3 is 12.0 Å². The molecule has 0 aliphatic rings. The van der Waals surface area contributed by atoms with Crippen LogP contribution >= 0.6 is 11.8 Å². The highest BCUT2D eigenvalue weighted by Gasteiger charge is 2.11. The molecule has 0 aliphatic carbocycles. The normalized spacial score (nSPS) is 13.3. The van der Waals surface area contributed by atoms with Gasteiger partial charge in [-0.2, -0.15) is 11.8 Å². The van der Waals surface area contributed by atoms with Crippen LogP contribution in [0.1, 0.15) is 31.7 Å². The molecule has 0 saturated heterocycles. The van der Waals surface area contributed by atoms with E-state index in [0.717, 1.165) is 11.3 Å². The van der Waals surface area contributed by atoms with E-state index in [1.54, 1.807) is 23.9 Å². The molecule has 0 heterocycles. The lowest BCUT2D eigenvalue weighted by Gasteiger charge is -2.14. The molecule has 1 rings (SSSR count). The Morgan fingerprint density at radius 1 is 1.24 bits per heavy atom. The predicted molar refractivity (Wildman–Crippen MR) is 87.1 cm³/mol. The number of aliphatic carboxylic acids is 1. The van der Waals surface area contributed by atoms with Crippen molar-refractivity contribution >= 4 is 29.4 Å². The topological polar surface area (TPSA) is 78.4 Å². The first-order valence-corrected chi connectivity index (χ1v) is 8.20. The number of hydrogen-bond acceptors (Lipinski definition) is 3. The molecule has 0 aliphatic heterocycles. The summed E-state index contributed by atoms with van der Waals surface area (Å²) in [5, 5.41) is 14.4.